The molecule has 0 N–H and O–H groups in total. The molecule has 1 aliphatic heterocycles. The number of hydrogen-bond acceptors (Lipinski definition) is 5. The minimum absolute atomic E-state index is 0.959. The van der Waals surface area contributed by atoms with Gasteiger partial charge >= 0.3 is 0 Å². The predicted molar refractivity (Wildman–Crippen MR) is 82.6 cm³/mol. The Balaban J connectivity index is 1.60. The van der Waals surface area contributed by atoms with Gasteiger partial charge in [-0.3, -0.25) is 4.90 Å². The summed E-state index contributed by atoms with van der Waals surface area (Å²) in [5.74, 6) is 0.959. The molecule has 5 heteroatoms. The van der Waals surface area contributed by atoms with Gasteiger partial charge in [0.15, 0.2) is 0 Å². The summed E-state index contributed by atoms with van der Waals surface area (Å²) in [6.07, 6.45) is 1.88. The molecule has 0 aliphatic carbocycles. The average Bonchev–Trinajstić information content (AvgIpc) is 3.01. The quantitative estimate of drug-likeness (QED) is 0.864. The summed E-state index contributed by atoms with van der Waals surface area (Å²) in [5, 5.41) is 3.25. The molecule has 0 radical (unpaired) electrons. The van der Waals surface area contributed by atoms with E-state index in [2.05, 4.69) is 26.9 Å². The lowest BCUT2D eigenvalue weighted by Crippen LogP contribution is -2.46. The van der Waals surface area contributed by atoms with Crippen molar-refractivity contribution >= 4 is 17.0 Å². The molecule has 1 aliphatic rings. The van der Waals surface area contributed by atoms with Crippen molar-refractivity contribution in [1.29, 1.82) is 0 Å². The molecule has 0 bridgehead atoms. The minimum Gasteiger partial charge on any atom is -0.495 e. The zero-order valence-electron chi connectivity index (χ0n) is 11.7. The normalized spacial score (nSPS) is 16.4. The highest BCUT2D eigenvalue weighted by Crippen LogP contribution is 2.28. The second-order valence-corrected chi connectivity index (χ2v) is 5.84. The van der Waals surface area contributed by atoms with E-state index in [-0.39, 0.29) is 0 Å². The van der Waals surface area contributed by atoms with Gasteiger partial charge < -0.3 is 9.64 Å². The van der Waals surface area contributed by atoms with Crippen LogP contribution in [-0.2, 0) is 6.54 Å². The highest BCUT2D eigenvalue weighted by molar-refractivity contribution is 7.09. The molecule has 20 heavy (non-hydrogen) atoms. The zero-order chi connectivity index (χ0) is 13.8. The Morgan fingerprint density at radius 3 is 2.70 bits per heavy atom. The number of para-hydroxylation sites is 2. The third kappa shape index (κ3) is 2.94. The molecule has 1 aromatic heterocycles. The van der Waals surface area contributed by atoms with Crippen LogP contribution in [0.3, 0.4) is 0 Å². The van der Waals surface area contributed by atoms with Crippen LogP contribution in [0, 0.1) is 0 Å². The van der Waals surface area contributed by atoms with E-state index in [0.29, 0.717) is 0 Å². The zero-order valence-corrected chi connectivity index (χ0v) is 12.5. The van der Waals surface area contributed by atoms with Crippen molar-refractivity contribution in [2.45, 2.75) is 6.54 Å². The fraction of sp³-hybridized carbons (Fsp3) is 0.400. The first kappa shape index (κ1) is 13.4. The predicted octanol–water partition coefficient (Wildman–Crippen LogP) is 2.47. The van der Waals surface area contributed by atoms with E-state index in [1.165, 1.54) is 10.7 Å². The molecule has 0 spiro atoms. The molecule has 0 atom stereocenters. The molecule has 2 heterocycles. The molecular weight excluding hydrogens is 270 g/mol. The summed E-state index contributed by atoms with van der Waals surface area (Å²) < 4.78 is 5.45. The van der Waals surface area contributed by atoms with Gasteiger partial charge in [-0.15, -0.1) is 11.3 Å². The van der Waals surface area contributed by atoms with Crippen LogP contribution in [0.25, 0.3) is 0 Å². The van der Waals surface area contributed by atoms with E-state index in [0.717, 1.165) is 38.5 Å². The molecule has 106 valence electrons. The van der Waals surface area contributed by atoms with Crippen molar-refractivity contribution in [3.05, 3.63) is 40.8 Å². The molecule has 0 saturated carbocycles. The SMILES string of the molecule is COc1ccccc1N1CCN(Cc2nccs2)CC1. The summed E-state index contributed by atoms with van der Waals surface area (Å²) >= 11 is 1.73. The van der Waals surface area contributed by atoms with Gasteiger partial charge in [-0.25, -0.2) is 4.98 Å². The lowest BCUT2D eigenvalue weighted by atomic mass is 10.2. The molecule has 1 aromatic carbocycles. The maximum atomic E-state index is 5.45. The Morgan fingerprint density at radius 1 is 1.20 bits per heavy atom. The third-order valence-corrected chi connectivity index (χ3v) is 4.40. The van der Waals surface area contributed by atoms with E-state index in [4.69, 9.17) is 4.74 Å². The molecule has 0 amide bonds. The number of ether oxygens (including phenoxy) is 1. The van der Waals surface area contributed by atoms with Gasteiger partial charge in [-0.05, 0) is 12.1 Å². The van der Waals surface area contributed by atoms with Crippen LogP contribution in [0.2, 0.25) is 0 Å². The van der Waals surface area contributed by atoms with Crippen molar-refractivity contribution in [3.63, 3.8) is 0 Å². The van der Waals surface area contributed by atoms with Gasteiger partial charge in [-0.2, -0.15) is 0 Å². The maximum absolute atomic E-state index is 5.45. The van der Waals surface area contributed by atoms with Gasteiger partial charge in [0.05, 0.1) is 19.3 Å². The van der Waals surface area contributed by atoms with Gasteiger partial charge in [0.25, 0.3) is 0 Å². The molecule has 4 nitrogen and oxygen atoms in total. The Bertz CT molecular complexity index is 536. The standard InChI is InChI=1S/C15H19N3OS/c1-19-14-5-3-2-4-13(14)18-9-7-17(8-10-18)12-15-16-6-11-20-15/h2-6,11H,7-10,12H2,1H3. The van der Waals surface area contributed by atoms with Gasteiger partial charge in [-0.1, -0.05) is 12.1 Å². The van der Waals surface area contributed by atoms with Crippen LogP contribution < -0.4 is 9.64 Å². The molecule has 2 aromatic rings. The fourth-order valence-corrected chi connectivity index (χ4v) is 3.22. The third-order valence-electron chi connectivity index (χ3n) is 3.64. The number of anilines is 1. The van der Waals surface area contributed by atoms with E-state index < -0.39 is 0 Å². The highest BCUT2D eigenvalue weighted by Gasteiger charge is 2.19. The second-order valence-electron chi connectivity index (χ2n) is 4.86. The van der Waals surface area contributed by atoms with E-state index in [9.17, 15) is 0 Å². The van der Waals surface area contributed by atoms with Crippen LogP contribution in [0.1, 0.15) is 5.01 Å². The summed E-state index contributed by atoms with van der Waals surface area (Å²) in [5.41, 5.74) is 1.20. The van der Waals surface area contributed by atoms with Crippen LogP contribution in [0.15, 0.2) is 35.8 Å². The first-order valence-electron chi connectivity index (χ1n) is 6.85. The van der Waals surface area contributed by atoms with E-state index in [1.807, 2.05) is 23.7 Å². The van der Waals surface area contributed by atoms with Gasteiger partial charge in [0.1, 0.15) is 10.8 Å². The van der Waals surface area contributed by atoms with E-state index in [1.54, 1.807) is 18.4 Å². The first-order valence-corrected chi connectivity index (χ1v) is 7.73. The lowest BCUT2D eigenvalue weighted by molar-refractivity contribution is 0.249. The van der Waals surface area contributed by atoms with Crippen molar-refractivity contribution in [3.8, 4) is 5.75 Å². The van der Waals surface area contributed by atoms with Crippen molar-refractivity contribution in [1.82, 2.24) is 9.88 Å². The monoisotopic (exact) mass is 289 g/mol. The van der Waals surface area contributed by atoms with Crippen molar-refractivity contribution in [2.75, 3.05) is 38.2 Å². The first-order chi connectivity index (χ1) is 9.86. The van der Waals surface area contributed by atoms with Crippen LogP contribution in [0.4, 0.5) is 5.69 Å². The number of piperazine rings is 1. The molecule has 0 unspecified atom stereocenters. The summed E-state index contributed by atoms with van der Waals surface area (Å²) in [4.78, 5) is 9.22. The Morgan fingerprint density at radius 2 is 2.00 bits per heavy atom. The Kier molecular flexibility index (Phi) is 4.18. The summed E-state index contributed by atoms with van der Waals surface area (Å²) in [7, 11) is 1.73. The topological polar surface area (TPSA) is 28.6 Å². The Hall–Kier alpha value is -1.59. The number of nitrogens with zero attached hydrogens (tertiary/aromatic N) is 3. The van der Waals surface area contributed by atoms with Gasteiger partial charge in [0, 0.05) is 37.8 Å². The number of thiazole rings is 1. The summed E-state index contributed by atoms with van der Waals surface area (Å²) in [6.45, 7) is 5.17. The smallest absolute Gasteiger partial charge is 0.142 e. The molecule has 1 fully saturated rings. The fourth-order valence-electron chi connectivity index (χ4n) is 2.56. The Labute approximate surface area is 123 Å². The summed E-state index contributed by atoms with van der Waals surface area (Å²) in [6, 6.07) is 8.24. The maximum Gasteiger partial charge on any atom is 0.142 e. The molecular formula is C15H19N3OS. The van der Waals surface area contributed by atoms with Crippen LogP contribution in [0.5, 0.6) is 5.75 Å². The number of hydrogen-bond donors (Lipinski definition) is 0. The number of rotatable bonds is 4. The van der Waals surface area contributed by atoms with Crippen molar-refractivity contribution < 1.29 is 4.74 Å². The van der Waals surface area contributed by atoms with Crippen molar-refractivity contribution in [2.24, 2.45) is 0 Å². The van der Waals surface area contributed by atoms with Crippen LogP contribution in [-0.4, -0.2) is 43.2 Å². The molecule has 3 rings (SSSR count). The number of methoxy groups -OCH3 is 1. The van der Waals surface area contributed by atoms with Gasteiger partial charge in [0.2, 0.25) is 0 Å². The lowest BCUT2D eigenvalue weighted by Gasteiger charge is -2.36. The largest absolute Gasteiger partial charge is 0.495 e. The number of aromatic nitrogens is 1. The van der Waals surface area contributed by atoms with Crippen LogP contribution >= 0.6 is 11.3 Å². The molecule has 1 saturated heterocycles. The average molecular weight is 289 g/mol. The highest BCUT2D eigenvalue weighted by atomic mass is 32.1. The second kappa shape index (κ2) is 6.24. The van der Waals surface area contributed by atoms with E-state index >= 15 is 0 Å². The number of benzene rings is 1. The minimum atomic E-state index is 0.959.